The van der Waals surface area contributed by atoms with E-state index in [4.69, 9.17) is 0 Å². The Morgan fingerprint density at radius 3 is 1.50 bits per heavy atom. The molecule has 0 aliphatic carbocycles. The van der Waals surface area contributed by atoms with Gasteiger partial charge in [-0.3, -0.25) is 0 Å². The van der Waals surface area contributed by atoms with Crippen LogP contribution >= 0.6 is 23.5 Å². The Labute approximate surface area is 93.1 Å². The minimum atomic E-state index is 1.33. The zero-order chi connectivity index (χ0) is 9.97. The first kappa shape index (κ1) is 9.94. The van der Waals surface area contributed by atoms with E-state index >= 15 is 0 Å². The number of rotatable bonds is 2. The summed E-state index contributed by atoms with van der Waals surface area (Å²) >= 11 is 3.58. The second kappa shape index (κ2) is 4.28. The van der Waals surface area contributed by atoms with Gasteiger partial charge in [-0.2, -0.15) is 0 Å². The largest absolute Gasteiger partial charge is 0.130 e. The smallest absolute Gasteiger partial charge is 0.00755 e. The molecule has 14 heavy (non-hydrogen) atoms. The van der Waals surface area contributed by atoms with E-state index in [0.717, 1.165) is 0 Å². The number of fused-ring (bicyclic) bond motifs is 1. The van der Waals surface area contributed by atoms with Crippen LogP contribution in [0.25, 0.3) is 10.8 Å². The topological polar surface area (TPSA) is 0 Å². The maximum Gasteiger partial charge on any atom is 0.00755 e. The number of hydrogen-bond donors (Lipinski definition) is 0. The second-order valence-electron chi connectivity index (χ2n) is 3.08. The van der Waals surface area contributed by atoms with Crippen LogP contribution in [0.4, 0.5) is 0 Å². The lowest BCUT2D eigenvalue weighted by molar-refractivity contribution is 1.47. The van der Waals surface area contributed by atoms with Crippen molar-refractivity contribution in [1.29, 1.82) is 0 Å². The Balaban J connectivity index is 2.57. The van der Waals surface area contributed by atoms with Crippen molar-refractivity contribution in [3.05, 3.63) is 36.4 Å². The highest BCUT2D eigenvalue weighted by Crippen LogP contribution is 2.25. The highest BCUT2D eigenvalue weighted by atomic mass is 32.2. The summed E-state index contributed by atoms with van der Waals surface area (Å²) < 4.78 is 0. The summed E-state index contributed by atoms with van der Waals surface area (Å²) in [5.74, 6) is 0. The van der Waals surface area contributed by atoms with Crippen molar-refractivity contribution < 1.29 is 0 Å². The molecule has 0 saturated carbocycles. The van der Waals surface area contributed by atoms with Gasteiger partial charge in [0.05, 0.1) is 0 Å². The first-order valence-corrected chi connectivity index (χ1v) is 6.90. The molecule has 0 amide bonds. The lowest BCUT2D eigenvalue weighted by Gasteiger charge is -2.02. The van der Waals surface area contributed by atoms with Gasteiger partial charge in [-0.15, -0.1) is 23.5 Å². The molecule has 0 unspecified atom stereocenters. The van der Waals surface area contributed by atoms with Gasteiger partial charge in [0.2, 0.25) is 0 Å². The van der Waals surface area contributed by atoms with Crippen LogP contribution in [0.2, 0.25) is 0 Å². The first-order valence-electron chi connectivity index (χ1n) is 4.45. The zero-order valence-corrected chi connectivity index (χ0v) is 9.91. The van der Waals surface area contributed by atoms with Crippen LogP contribution in [0.1, 0.15) is 0 Å². The van der Waals surface area contributed by atoms with Crippen LogP contribution in [0.15, 0.2) is 46.2 Å². The fourth-order valence-corrected chi connectivity index (χ4v) is 2.35. The third-order valence-corrected chi connectivity index (χ3v) is 3.71. The maximum absolute atomic E-state index is 2.24. The van der Waals surface area contributed by atoms with Crippen molar-refractivity contribution >= 4 is 34.3 Å². The molecule has 2 aromatic rings. The molecule has 0 spiro atoms. The van der Waals surface area contributed by atoms with E-state index in [2.05, 4.69) is 48.9 Å². The molecule has 0 radical (unpaired) electrons. The van der Waals surface area contributed by atoms with Crippen LogP contribution in [0.3, 0.4) is 0 Å². The Hall–Kier alpha value is -0.600. The zero-order valence-electron chi connectivity index (χ0n) is 8.28. The van der Waals surface area contributed by atoms with E-state index in [1.54, 1.807) is 23.5 Å². The molecule has 2 aromatic carbocycles. The van der Waals surface area contributed by atoms with Gasteiger partial charge in [0.1, 0.15) is 0 Å². The summed E-state index contributed by atoms with van der Waals surface area (Å²) in [6.45, 7) is 0. The molecule has 0 aliphatic heterocycles. The monoisotopic (exact) mass is 220 g/mol. The Morgan fingerprint density at radius 1 is 0.714 bits per heavy atom. The van der Waals surface area contributed by atoms with Crippen LogP contribution in [-0.2, 0) is 0 Å². The third-order valence-electron chi connectivity index (χ3n) is 2.25. The summed E-state index contributed by atoms with van der Waals surface area (Å²) in [7, 11) is 0. The molecule has 72 valence electrons. The summed E-state index contributed by atoms with van der Waals surface area (Å²) in [6.07, 6.45) is 4.22. The fourth-order valence-electron chi connectivity index (χ4n) is 1.46. The average molecular weight is 220 g/mol. The number of benzene rings is 2. The van der Waals surface area contributed by atoms with E-state index < -0.39 is 0 Å². The molecule has 0 N–H and O–H groups in total. The van der Waals surface area contributed by atoms with Crippen LogP contribution in [0.5, 0.6) is 0 Å². The lowest BCUT2D eigenvalue weighted by Crippen LogP contribution is -1.76. The van der Waals surface area contributed by atoms with Crippen LogP contribution < -0.4 is 0 Å². The average Bonchev–Trinajstić information content (AvgIpc) is 2.27. The lowest BCUT2D eigenvalue weighted by atomic mass is 10.1. The van der Waals surface area contributed by atoms with Gasteiger partial charge in [-0.1, -0.05) is 12.1 Å². The molecule has 0 aromatic heterocycles. The molecule has 0 saturated heterocycles. The Bertz CT molecular complexity index is 406. The Kier molecular flexibility index (Phi) is 3.04. The van der Waals surface area contributed by atoms with Gasteiger partial charge >= 0.3 is 0 Å². The maximum atomic E-state index is 2.24. The second-order valence-corrected chi connectivity index (χ2v) is 4.84. The van der Waals surface area contributed by atoms with E-state index in [1.165, 1.54) is 20.6 Å². The quantitative estimate of drug-likeness (QED) is 0.693. The van der Waals surface area contributed by atoms with E-state index in [0.29, 0.717) is 0 Å². The third kappa shape index (κ3) is 1.91. The van der Waals surface area contributed by atoms with Crippen molar-refractivity contribution in [3.63, 3.8) is 0 Å². The molecule has 0 aliphatic rings. The van der Waals surface area contributed by atoms with Crippen molar-refractivity contribution in [2.75, 3.05) is 12.5 Å². The Morgan fingerprint density at radius 2 is 1.14 bits per heavy atom. The van der Waals surface area contributed by atoms with Crippen LogP contribution in [-0.4, -0.2) is 12.5 Å². The summed E-state index contributed by atoms with van der Waals surface area (Å²) in [4.78, 5) is 2.66. The van der Waals surface area contributed by atoms with Gasteiger partial charge in [-0.05, 0) is 47.5 Å². The molecule has 2 rings (SSSR count). The van der Waals surface area contributed by atoms with Gasteiger partial charge < -0.3 is 0 Å². The van der Waals surface area contributed by atoms with Gasteiger partial charge in [0.15, 0.2) is 0 Å². The van der Waals surface area contributed by atoms with Gasteiger partial charge in [0, 0.05) is 9.79 Å². The van der Waals surface area contributed by atoms with Crippen molar-refractivity contribution in [2.45, 2.75) is 9.79 Å². The standard InChI is InChI=1S/C12H12S2/c1-13-11-5-3-10-8-12(14-2)6-4-9(10)7-11/h3-8H,1-2H3. The molecular formula is C12H12S2. The van der Waals surface area contributed by atoms with Gasteiger partial charge in [-0.25, -0.2) is 0 Å². The number of hydrogen-bond acceptors (Lipinski definition) is 2. The molecule has 0 fully saturated rings. The number of thioether (sulfide) groups is 2. The molecule has 2 heteroatoms. The fraction of sp³-hybridized carbons (Fsp3) is 0.167. The highest BCUT2D eigenvalue weighted by Gasteiger charge is 1.96. The summed E-state index contributed by atoms with van der Waals surface area (Å²) in [6, 6.07) is 13.2. The molecule has 0 atom stereocenters. The highest BCUT2D eigenvalue weighted by molar-refractivity contribution is 7.98. The van der Waals surface area contributed by atoms with Gasteiger partial charge in [0.25, 0.3) is 0 Å². The van der Waals surface area contributed by atoms with E-state index in [9.17, 15) is 0 Å². The molecule has 0 nitrogen and oxygen atoms in total. The predicted molar refractivity (Wildman–Crippen MR) is 67.5 cm³/mol. The summed E-state index contributed by atoms with van der Waals surface area (Å²) in [5, 5.41) is 2.66. The molecular weight excluding hydrogens is 208 g/mol. The molecule has 0 heterocycles. The van der Waals surface area contributed by atoms with E-state index in [1.807, 2.05) is 0 Å². The summed E-state index contributed by atoms with van der Waals surface area (Å²) in [5.41, 5.74) is 0. The SMILES string of the molecule is CSc1ccc2cc(SC)ccc2c1. The van der Waals surface area contributed by atoms with Crippen LogP contribution in [0, 0.1) is 0 Å². The van der Waals surface area contributed by atoms with E-state index in [-0.39, 0.29) is 0 Å². The van der Waals surface area contributed by atoms with Crippen molar-refractivity contribution in [3.8, 4) is 0 Å². The van der Waals surface area contributed by atoms with Crippen molar-refractivity contribution in [1.82, 2.24) is 0 Å². The first-order chi connectivity index (χ1) is 6.83. The normalized spacial score (nSPS) is 10.7. The molecule has 0 bridgehead atoms. The minimum Gasteiger partial charge on any atom is -0.130 e. The van der Waals surface area contributed by atoms with Crippen molar-refractivity contribution in [2.24, 2.45) is 0 Å². The predicted octanol–water partition coefficient (Wildman–Crippen LogP) is 4.28. The minimum absolute atomic E-state index is 1.33.